The number of amides is 2. The lowest BCUT2D eigenvalue weighted by Crippen LogP contribution is -2.29. The topological polar surface area (TPSA) is 61.4 Å². The number of carbonyl (C=O) groups excluding carboxylic acids is 2. The van der Waals surface area contributed by atoms with E-state index < -0.39 is 11.8 Å². The molecule has 0 spiro atoms. The molecule has 2 amide bonds. The minimum absolute atomic E-state index is 0.593. The molecular formula is C19H23N3O2. The lowest BCUT2D eigenvalue weighted by Gasteiger charge is -2.21. The third kappa shape index (κ3) is 4.59. The van der Waals surface area contributed by atoms with Crippen LogP contribution in [0, 0.1) is 6.92 Å². The van der Waals surface area contributed by atoms with Gasteiger partial charge in [0.25, 0.3) is 0 Å². The van der Waals surface area contributed by atoms with Gasteiger partial charge in [0, 0.05) is 30.2 Å². The van der Waals surface area contributed by atoms with Gasteiger partial charge in [-0.1, -0.05) is 12.1 Å². The summed E-state index contributed by atoms with van der Waals surface area (Å²) in [5.74, 6) is -1.37. The molecule has 0 aliphatic carbocycles. The Bertz CT molecular complexity index is 707. The first-order chi connectivity index (χ1) is 11.5. The number of carbonyl (C=O) groups is 2. The average Bonchev–Trinajstić information content (AvgIpc) is 2.57. The van der Waals surface area contributed by atoms with Gasteiger partial charge in [-0.3, -0.25) is 9.59 Å². The van der Waals surface area contributed by atoms with Crippen molar-refractivity contribution < 1.29 is 9.59 Å². The Labute approximate surface area is 142 Å². The van der Waals surface area contributed by atoms with Crippen LogP contribution in [-0.2, 0) is 9.59 Å². The number of anilines is 3. The lowest BCUT2D eigenvalue weighted by atomic mass is 10.2. The van der Waals surface area contributed by atoms with Gasteiger partial charge in [0.15, 0.2) is 0 Å². The van der Waals surface area contributed by atoms with Crippen molar-refractivity contribution in [3.8, 4) is 0 Å². The summed E-state index contributed by atoms with van der Waals surface area (Å²) in [5.41, 5.74) is 3.30. The monoisotopic (exact) mass is 325 g/mol. The van der Waals surface area contributed by atoms with Gasteiger partial charge in [-0.25, -0.2) is 0 Å². The van der Waals surface area contributed by atoms with Crippen LogP contribution in [0.25, 0.3) is 0 Å². The molecule has 0 aliphatic heterocycles. The van der Waals surface area contributed by atoms with E-state index in [-0.39, 0.29) is 0 Å². The van der Waals surface area contributed by atoms with Crippen LogP contribution in [0.4, 0.5) is 17.1 Å². The van der Waals surface area contributed by atoms with Gasteiger partial charge in [-0.05, 0) is 62.7 Å². The normalized spacial score (nSPS) is 10.1. The van der Waals surface area contributed by atoms with Crippen molar-refractivity contribution in [3.05, 3.63) is 54.1 Å². The Morgan fingerprint density at radius 1 is 0.875 bits per heavy atom. The second kappa shape index (κ2) is 8.15. The molecule has 24 heavy (non-hydrogen) atoms. The van der Waals surface area contributed by atoms with Gasteiger partial charge in [0.1, 0.15) is 0 Å². The van der Waals surface area contributed by atoms with E-state index in [1.165, 1.54) is 0 Å². The van der Waals surface area contributed by atoms with E-state index in [0.717, 1.165) is 24.3 Å². The van der Waals surface area contributed by atoms with Gasteiger partial charge in [-0.2, -0.15) is 0 Å². The maximum atomic E-state index is 12.0. The van der Waals surface area contributed by atoms with Gasteiger partial charge in [0.2, 0.25) is 0 Å². The second-order valence-corrected chi connectivity index (χ2v) is 5.50. The van der Waals surface area contributed by atoms with Crippen molar-refractivity contribution in [1.29, 1.82) is 0 Å². The number of nitrogens with one attached hydrogen (secondary N) is 2. The Morgan fingerprint density at radius 2 is 1.46 bits per heavy atom. The Kier molecular flexibility index (Phi) is 5.95. The predicted octanol–water partition coefficient (Wildman–Crippen LogP) is 3.42. The number of rotatable bonds is 5. The van der Waals surface area contributed by atoms with Crippen LogP contribution in [0.3, 0.4) is 0 Å². The van der Waals surface area contributed by atoms with E-state index in [9.17, 15) is 9.59 Å². The van der Waals surface area contributed by atoms with Crippen LogP contribution in [0.5, 0.6) is 0 Å². The molecule has 0 fully saturated rings. The van der Waals surface area contributed by atoms with E-state index in [1.54, 1.807) is 18.2 Å². The minimum atomic E-state index is -0.688. The lowest BCUT2D eigenvalue weighted by molar-refractivity contribution is -0.132. The fourth-order valence-corrected chi connectivity index (χ4v) is 2.44. The SMILES string of the molecule is CCN(CC)c1ccc(NC(=O)C(=O)Nc2cccc(C)c2)cc1. The van der Waals surface area contributed by atoms with E-state index in [0.29, 0.717) is 11.4 Å². The standard InChI is InChI=1S/C19H23N3O2/c1-4-22(5-2)17-11-9-15(10-12-17)20-18(23)19(24)21-16-8-6-7-14(3)13-16/h6-13H,4-5H2,1-3H3,(H,20,23)(H,21,24). The molecule has 0 saturated heterocycles. The van der Waals surface area contributed by atoms with Crippen molar-refractivity contribution >= 4 is 28.9 Å². The summed E-state index contributed by atoms with van der Waals surface area (Å²) < 4.78 is 0. The zero-order valence-electron chi connectivity index (χ0n) is 14.3. The van der Waals surface area contributed by atoms with Crippen LogP contribution in [-0.4, -0.2) is 24.9 Å². The molecule has 5 heteroatoms. The molecule has 0 heterocycles. The zero-order valence-corrected chi connectivity index (χ0v) is 14.3. The van der Waals surface area contributed by atoms with Crippen LogP contribution in [0.1, 0.15) is 19.4 Å². The van der Waals surface area contributed by atoms with Crippen LogP contribution < -0.4 is 15.5 Å². The molecule has 2 N–H and O–H groups in total. The molecule has 0 unspecified atom stereocenters. The van der Waals surface area contributed by atoms with Crippen molar-refractivity contribution in [3.63, 3.8) is 0 Å². The van der Waals surface area contributed by atoms with E-state index in [2.05, 4.69) is 29.4 Å². The summed E-state index contributed by atoms with van der Waals surface area (Å²) in [6, 6.07) is 14.8. The molecule has 0 aliphatic rings. The maximum absolute atomic E-state index is 12.0. The Morgan fingerprint density at radius 3 is 2.00 bits per heavy atom. The van der Waals surface area contributed by atoms with Gasteiger partial charge >= 0.3 is 11.8 Å². The van der Waals surface area contributed by atoms with Crippen molar-refractivity contribution in [2.24, 2.45) is 0 Å². The highest BCUT2D eigenvalue weighted by molar-refractivity contribution is 6.43. The van der Waals surface area contributed by atoms with E-state index in [4.69, 9.17) is 0 Å². The number of aryl methyl sites for hydroxylation is 1. The Hall–Kier alpha value is -2.82. The van der Waals surface area contributed by atoms with E-state index in [1.807, 2.05) is 37.3 Å². The first kappa shape index (κ1) is 17.5. The third-order valence-corrected chi connectivity index (χ3v) is 3.74. The molecule has 5 nitrogen and oxygen atoms in total. The molecule has 2 rings (SSSR count). The molecule has 126 valence electrons. The highest BCUT2D eigenvalue weighted by atomic mass is 16.2. The molecular weight excluding hydrogens is 302 g/mol. The summed E-state index contributed by atoms with van der Waals surface area (Å²) in [7, 11) is 0. The molecule has 2 aromatic carbocycles. The summed E-state index contributed by atoms with van der Waals surface area (Å²) in [6.07, 6.45) is 0. The number of hydrogen-bond donors (Lipinski definition) is 2. The smallest absolute Gasteiger partial charge is 0.314 e. The molecule has 2 aromatic rings. The Balaban J connectivity index is 1.97. The molecule has 0 atom stereocenters. The van der Waals surface area contributed by atoms with E-state index >= 15 is 0 Å². The minimum Gasteiger partial charge on any atom is -0.372 e. The van der Waals surface area contributed by atoms with Crippen LogP contribution >= 0.6 is 0 Å². The fourth-order valence-electron chi connectivity index (χ4n) is 2.44. The maximum Gasteiger partial charge on any atom is 0.314 e. The highest BCUT2D eigenvalue weighted by Crippen LogP contribution is 2.17. The quantitative estimate of drug-likeness (QED) is 0.828. The summed E-state index contributed by atoms with van der Waals surface area (Å²) in [5, 5.41) is 5.20. The summed E-state index contributed by atoms with van der Waals surface area (Å²) >= 11 is 0. The highest BCUT2D eigenvalue weighted by Gasteiger charge is 2.14. The molecule has 0 aromatic heterocycles. The summed E-state index contributed by atoms with van der Waals surface area (Å²) in [4.78, 5) is 26.2. The second-order valence-electron chi connectivity index (χ2n) is 5.50. The fraction of sp³-hybridized carbons (Fsp3) is 0.263. The van der Waals surface area contributed by atoms with Crippen molar-refractivity contribution in [2.75, 3.05) is 28.6 Å². The average molecular weight is 325 g/mol. The van der Waals surface area contributed by atoms with Crippen molar-refractivity contribution in [1.82, 2.24) is 0 Å². The van der Waals surface area contributed by atoms with Crippen LogP contribution in [0.2, 0.25) is 0 Å². The number of benzene rings is 2. The molecule has 0 radical (unpaired) electrons. The number of hydrogen-bond acceptors (Lipinski definition) is 3. The summed E-state index contributed by atoms with van der Waals surface area (Å²) in [6.45, 7) is 7.94. The van der Waals surface area contributed by atoms with Crippen LogP contribution in [0.15, 0.2) is 48.5 Å². The zero-order chi connectivity index (χ0) is 17.5. The predicted molar refractivity (Wildman–Crippen MR) is 98.4 cm³/mol. The largest absolute Gasteiger partial charge is 0.372 e. The third-order valence-electron chi connectivity index (χ3n) is 3.74. The van der Waals surface area contributed by atoms with Crippen molar-refractivity contribution in [2.45, 2.75) is 20.8 Å². The first-order valence-corrected chi connectivity index (χ1v) is 8.07. The van der Waals surface area contributed by atoms with Gasteiger partial charge in [-0.15, -0.1) is 0 Å². The first-order valence-electron chi connectivity index (χ1n) is 8.07. The molecule has 0 bridgehead atoms. The number of nitrogens with zero attached hydrogens (tertiary/aromatic N) is 1. The van der Waals surface area contributed by atoms with Gasteiger partial charge in [0.05, 0.1) is 0 Å². The molecule has 0 saturated carbocycles. The van der Waals surface area contributed by atoms with Gasteiger partial charge < -0.3 is 15.5 Å².